The molecule has 0 radical (unpaired) electrons. The van der Waals surface area contributed by atoms with Gasteiger partial charge < -0.3 is 14.6 Å². The molecule has 0 atom stereocenters. The molecule has 0 aliphatic rings. The topological polar surface area (TPSA) is 64.5 Å². The Morgan fingerprint density at radius 3 is 2.32 bits per heavy atom. The second kappa shape index (κ2) is 9.19. The summed E-state index contributed by atoms with van der Waals surface area (Å²) in [5.74, 6) is 1.44. The van der Waals surface area contributed by atoms with E-state index in [4.69, 9.17) is 14.5 Å². The number of hydrogen-bond donors (Lipinski definition) is 1. The van der Waals surface area contributed by atoms with Crippen LogP contribution in [0.4, 0.5) is 4.39 Å². The smallest absolute Gasteiger partial charge is 0.217 e. The van der Waals surface area contributed by atoms with E-state index in [1.54, 1.807) is 43.5 Å². The predicted molar refractivity (Wildman–Crippen MR) is 129 cm³/mol. The van der Waals surface area contributed by atoms with E-state index in [1.807, 2.05) is 48.5 Å². The monoisotopic (exact) mass is 452 g/mol. The molecule has 1 heterocycles. The fraction of sp³-hybridized carbons (Fsp3) is 0.0714. The molecule has 4 aromatic carbocycles. The molecule has 0 aliphatic carbocycles. The van der Waals surface area contributed by atoms with Crippen LogP contribution in [-0.2, 0) is 6.61 Å². The third kappa shape index (κ3) is 4.52. The number of aromatic nitrogens is 2. The maximum atomic E-state index is 14.1. The highest BCUT2D eigenvalue weighted by Gasteiger charge is 2.12. The highest BCUT2D eigenvalue weighted by molar-refractivity contribution is 5.87. The highest BCUT2D eigenvalue weighted by Crippen LogP contribution is 2.30. The van der Waals surface area contributed by atoms with Crippen LogP contribution in [0.1, 0.15) is 5.56 Å². The van der Waals surface area contributed by atoms with E-state index in [1.165, 1.54) is 6.07 Å². The molecule has 5 aromatic rings. The fourth-order valence-electron chi connectivity index (χ4n) is 3.68. The molecular weight excluding hydrogens is 431 g/mol. The highest BCUT2D eigenvalue weighted by atomic mass is 19.1. The van der Waals surface area contributed by atoms with Crippen LogP contribution in [0.2, 0.25) is 0 Å². The van der Waals surface area contributed by atoms with Crippen LogP contribution >= 0.6 is 0 Å². The lowest BCUT2D eigenvalue weighted by Gasteiger charge is -2.11. The molecule has 5 nitrogen and oxygen atoms in total. The van der Waals surface area contributed by atoms with E-state index >= 15 is 0 Å². The van der Waals surface area contributed by atoms with Crippen molar-refractivity contribution < 1.29 is 19.0 Å². The molecular formula is C28H21FN2O3. The van der Waals surface area contributed by atoms with E-state index in [9.17, 15) is 9.50 Å². The first-order chi connectivity index (χ1) is 16.6. The third-order valence-electron chi connectivity index (χ3n) is 5.50. The number of phenolic OH excluding ortho intramolecular Hbond substituents is 1. The Morgan fingerprint density at radius 2 is 1.53 bits per heavy atom. The summed E-state index contributed by atoms with van der Waals surface area (Å²) in [4.78, 5) is 9.37. The number of halogens is 1. The maximum Gasteiger partial charge on any atom is 0.217 e. The average molecular weight is 452 g/mol. The number of benzene rings is 4. The SMILES string of the molecule is COc1ccc(-c2cc(OCc3ccccc3F)nc(-c3ccc4cc(O)ccc4c3)n2)cc1. The van der Waals surface area contributed by atoms with Crippen molar-refractivity contribution in [2.24, 2.45) is 0 Å². The van der Waals surface area contributed by atoms with Crippen LogP contribution in [0.3, 0.4) is 0 Å². The van der Waals surface area contributed by atoms with Gasteiger partial charge in [-0.1, -0.05) is 36.4 Å². The van der Waals surface area contributed by atoms with Crippen LogP contribution in [-0.4, -0.2) is 22.2 Å². The molecule has 0 saturated heterocycles. The summed E-state index contributed by atoms with van der Waals surface area (Å²) in [7, 11) is 1.62. The number of ether oxygens (including phenoxy) is 2. The predicted octanol–water partition coefficient (Wildman–Crippen LogP) is 6.40. The van der Waals surface area contributed by atoms with E-state index in [0.29, 0.717) is 23.0 Å². The zero-order valence-electron chi connectivity index (χ0n) is 18.4. The number of fused-ring (bicyclic) bond motifs is 1. The van der Waals surface area contributed by atoms with Crippen molar-refractivity contribution in [3.63, 3.8) is 0 Å². The summed E-state index contributed by atoms with van der Waals surface area (Å²) in [5, 5.41) is 11.6. The summed E-state index contributed by atoms with van der Waals surface area (Å²) in [5.41, 5.74) is 2.77. The zero-order valence-corrected chi connectivity index (χ0v) is 18.4. The van der Waals surface area contributed by atoms with Crippen LogP contribution < -0.4 is 9.47 Å². The Hall–Kier alpha value is -4.45. The molecule has 0 bridgehead atoms. The van der Waals surface area contributed by atoms with Gasteiger partial charge in [0, 0.05) is 22.8 Å². The minimum absolute atomic E-state index is 0.0438. The van der Waals surface area contributed by atoms with Crippen LogP contribution in [0.15, 0.2) is 91.0 Å². The Bertz CT molecular complexity index is 1470. The molecule has 5 rings (SSSR count). The summed E-state index contributed by atoms with van der Waals surface area (Å²) < 4.78 is 25.2. The van der Waals surface area contributed by atoms with Crippen molar-refractivity contribution in [2.75, 3.05) is 7.11 Å². The number of phenols is 1. The van der Waals surface area contributed by atoms with Crippen LogP contribution in [0, 0.1) is 5.82 Å². The normalized spacial score (nSPS) is 10.9. The maximum absolute atomic E-state index is 14.1. The fourth-order valence-corrected chi connectivity index (χ4v) is 3.68. The summed E-state index contributed by atoms with van der Waals surface area (Å²) in [6.07, 6.45) is 0. The van der Waals surface area contributed by atoms with Crippen molar-refractivity contribution in [1.29, 1.82) is 0 Å². The van der Waals surface area contributed by atoms with Crippen LogP contribution in [0.5, 0.6) is 17.4 Å². The summed E-state index contributed by atoms with van der Waals surface area (Å²) in [6, 6.07) is 26.7. The Labute approximate surface area is 196 Å². The van der Waals surface area contributed by atoms with E-state index in [0.717, 1.165) is 27.6 Å². The van der Waals surface area contributed by atoms with Crippen LogP contribution in [0.25, 0.3) is 33.4 Å². The van der Waals surface area contributed by atoms with Gasteiger partial charge in [0.25, 0.3) is 0 Å². The van der Waals surface area contributed by atoms with Crippen molar-refractivity contribution in [3.05, 3.63) is 102 Å². The number of methoxy groups -OCH3 is 1. The number of aromatic hydroxyl groups is 1. The Morgan fingerprint density at radius 1 is 0.794 bits per heavy atom. The molecule has 0 spiro atoms. The summed E-state index contributed by atoms with van der Waals surface area (Å²) in [6.45, 7) is 0.0438. The van der Waals surface area contributed by atoms with Gasteiger partial charge in [-0.3, -0.25) is 0 Å². The minimum atomic E-state index is -0.329. The van der Waals surface area contributed by atoms with E-state index in [2.05, 4.69) is 4.98 Å². The third-order valence-corrected chi connectivity index (χ3v) is 5.50. The number of nitrogens with zero attached hydrogens (tertiary/aromatic N) is 2. The summed E-state index contributed by atoms with van der Waals surface area (Å²) >= 11 is 0. The molecule has 0 unspecified atom stereocenters. The molecule has 168 valence electrons. The zero-order chi connectivity index (χ0) is 23.5. The largest absolute Gasteiger partial charge is 0.508 e. The second-order valence-electron chi connectivity index (χ2n) is 7.77. The number of rotatable bonds is 6. The Kier molecular flexibility index (Phi) is 5.79. The molecule has 1 N–H and O–H groups in total. The standard InChI is InChI=1S/C28H21FN2O3/c1-33-24-12-9-18(10-13-24)26-16-27(34-17-22-4-2-3-5-25(22)29)31-28(30-26)21-7-6-20-15-23(32)11-8-19(20)14-21/h2-16,32H,17H2,1H3. The van der Waals surface area contributed by atoms with Crippen molar-refractivity contribution in [3.8, 4) is 40.0 Å². The number of hydrogen-bond acceptors (Lipinski definition) is 5. The van der Waals surface area contributed by atoms with Gasteiger partial charge in [-0.25, -0.2) is 9.37 Å². The van der Waals surface area contributed by atoms with E-state index < -0.39 is 0 Å². The van der Waals surface area contributed by atoms with Gasteiger partial charge >= 0.3 is 0 Å². The lowest BCUT2D eigenvalue weighted by atomic mass is 10.1. The molecule has 6 heteroatoms. The lowest BCUT2D eigenvalue weighted by molar-refractivity contribution is 0.288. The van der Waals surface area contributed by atoms with Gasteiger partial charge in [0.05, 0.1) is 12.8 Å². The van der Waals surface area contributed by atoms with Gasteiger partial charge in [-0.2, -0.15) is 4.98 Å². The van der Waals surface area contributed by atoms with Crippen molar-refractivity contribution in [1.82, 2.24) is 9.97 Å². The molecule has 1 aromatic heterocycles. The first kappa shape index (κ1) is 21.4. The van der Waals surface area contributed by atoms with Gasteiger partial charge in [0.15, 0.2) is 5.82 Å². The molecule has 0 aliphatic heterocycles. The molecule has 0 saturated carbocycles. The Balaban J connectivity index is 1.56. The van der Waals surface area contributed by atoms with Gasteiger partial charge in [0.2, 0.25) is 5.88 Å². The molecule has 34 heavy (non-hydrogen) atoms. The lowest BCUT2D eigenvalue weighted by Crippen LogP contribution is -2.02. The average Bonchev–Trinajstić information content (AvgIpc) is 2.88. The molecule has 0 fully saturated rings. The van der Waals surface area contributed by atoms with E-state index in [-0.39, 0.29) is 18.2 Å². The quantitative estimate of drug-likeness (QED) is 0.323. The second-order valence-corrected chi connectivity index (χ2v) is 7.77. The van der Waals surface area contributed by atoms with Crippen molar-refractivity contribution >= 4 is 10.8 Å². The first-order valence-electron chi connectivity index (χ1n) is 10.7. The van der Waals surface area contributed by atoms with Gasteiger partial charge in [0.1, 0.15) is 23.9 Å². The van der Waals surface area contributed by atoms with Gasteiger partial charge in [-0.05, 0) is 59.3 Å². The van der Waals surface area contributed by atoms with Crippen molar-refractivity contribution in [2.45, 2.75) is 6.61 Å². The molecule has 0 amide bonds. The minimum Gasteiger partial charge on any atom is -0.508 e. The first-order valence-corrected chi connectivity index (χ1v) is 10.7. The van der Waals surface area contributed by atoms with Gasteiger partial charge in [-0.15, -0.1) is 0 Å².